The molecule has 156 valence electrons. The Morgan fingerprint density at radius 1 is 0.656 bits per heavy atom. The predicted molar refractivity (Wildman–Crippen MR) is 133 cm³/mol. The number of hydrogen-bond acceptors (Lipinski definition) is 1. The zero-order valence-electron chi connectivity index (χ0n) is 19.1. The smallest absolute Gasteiger partial charge is 0.234 e. The quantitative estimate of drug-likeness (QED) is 0.290. The average molecular weight is 416 g/mol. The molecule has 0 bridgehead atoms. The van der Waals surface area contributed by atoms with Crippen molar-refractivity contribution < 1.29 is 4.57 Å². The van der Waals surface area contributed by atoms with Crippen LogP contribution in [-0.2, 0) is 7.05 Å². The molecule has 0 radical (unpaired) electrons. The maximum Gasteiger partial charge on any atom is 0.239 e. The van der Waals surface area contributed by atoms with Gasteiger partial charge in [-0.3, -0.25) is 0 Å². The van der Waals surface area contributed by atoms with E-state index in [1.165, 1.54) is 33.0 Å². The molecular formula is C30H27N2+. The lowest BCUT2D eigenvalue weighted by atomic mass is 9.96. The van der Waals surface area contributed by atoms with Crippen molar-refractivity contribution in [2.24, 2.45) is 7.05 Å². The van der Waals surface area contributed by atoms with Crippen LogP contribution < -0.4 is 4.57 Å². The maximum atomic E-state index is 5.23. The van der Waals surface area contributed by atoms with E-state index in [1.807, 2.05) is 0 Å². The Morgan fingerprint density at radius 2 is 1.34 bits per heavy atom. The van der Waals surface area contributed by atoms with Crippen molar-refractivity contribution in [3.05, 3.63) is 108 Å². The van der Waals surface area contributed by atoms with Crippen LogP contribution in [0.1, 0.15) is 16.7 Å². The number of rotatable bonds is 3. The topological polar surface area (TPSA) is 16.8 Å². The highest BCUT2D eigenvalue weighted by Crippen LogP contribution is 2.33. The minimum Gasteiger partial charge on any atom is -0.234 e. The Kier molecular flexibility index (Phi) is 5.07. The molecule has 4 aromatic carbocycles. The first-order chi connectivity index (χ1) is 15.5. The second kappa shape index (κ2) is 8.05. The minimum absolute atomic E-state index is 0.976. The minimum atomic E-state index is 0.976. The number of fused-ring (bicyclic) bond motifs is 1. The molecule has 0 saturated heterocycles. The van der Waals surface area contributed by atoms with E-state index in [4.69, 9.17) is 4.98 Å². The van der Waals surface area contributed by atoms with Crippen molar-refractivity contribution >= 4 is 10.8 Å². The highest BCUT2D eigenvalue weighted by molar-refractivity contribution is 5.89. The largest absolute Gasteiger partial charge is 0.239 e. The van der Waals surface area contributed by atoms with E-state index in [1.54, 1.807) is 0 Å². The fraction of sp³-hybridized carbons (Fsp3) is 0.133. The molecule has 0 aliphatic rings. The lowest BCUT2D eigenvalue weighted by Crippen LogP contribution is -2.32. The Hall–Kier alpha value is -3.78. The van der Waals surface area contributed by atoms with E-state index in [0.717, 1.165) is 28.2 Å². The van der Waals surface area contributed by atoms with Gasteiger partial charge in [-0.25, -0.2) is 4.98 Å². The molecule has 0 fully saturated rings. The summed E-state index contributed by atoms with van der Waals surface area (Å²) in [7, 11) is 2.12. The zero-order valence-corrected chi connectivity index (χ0v) is 19.1. The fourth-order valence-corrected chi connectivity index (χ4v) is 4.42. The van der Waals surface area contributed by atoms with Gasteiger partial charge in [-0.1, -0.05) is 83.9 Å². The number of aromatic nitrogens is 2. The maximum absolute atomic E-state index is 5.23. The van der Waals surface area contributed by atoms with Gasteiger partial charge in [0.1, 0.15) is 18.4 Å². The van der Waals surface area contributed by atoms with Crippen molar-refractivity contribution in [2.75, 3.05) is 0 Å². The monoisotopic (exact) mass is 415 g/mol. The van der Waals surface area contributed by atoms with E-state index in [2.05, 4.69) is 124 Å². The molecule has 2 nitrogen and oxygen atoms in total. The normalized spacial score (nSPS) is 11.1. The molecule has 32 heavy (non-hydrogen) atoms. The van der Waals surface area contributed by atoms with E-state index >= 15 is 0 Å². The van der Waals surface area contributed by atoms with E-state index in [9.17, 15) is 0 Å². The van der Waals surface area contributed by atoms with Crippen LogP contribution in [0.4, 0.5) is 0 Å². The van der Waals surface area contributed by atoms with Crippen LogP contribution >= 0.6 is 0 Å². The molecule has 0 amide bonds. The zero-order chi connectivity index (χ0) is 22.2. The molecular weight excluding hydrogens is 388 g/mol. The Labute approximate surface area is 189 Å². The molecule has 1 heterocycles. The second-order valence-electron chi connectivity index (χ2n) is 8.68. The van der Waals surface area contributed by atoms with Crippen molar-refractivity contribution in [1.82, 2.24) is 4.98 Å². The van der Waals surface area contributed by atoms with Gasteiger partial charge >= 0.3 is 0 Å². The van der Waals surface area contributed by atoms with Crippen molar-refractivity contribution in [2.45, 2.75) is 20.8 Å². The van der Waals surface area contributed by atoms with E-state index in [-0.39, 0.29) is 0 Å². The third-order valence-electron chi connectivity index (χ3n) is 6.13. The van der Waals surface area contributed by atoms with Gasteiger partial charge < -0.3 is 0 Å². The first-order valence-corrected chi connectivity index (χ1v) is 11.0. The summed E-state index contributed by atoms with van der Waals surface area (Å²) in [6.45, 7) is 6.43. The summed E-state index contributed by atoms with van der Waals surface area (Å²) in [5.74, 6) is 0. The Morgan fingerprint density at radius 3 is 2.09 bits per heavy atom. The molecule has 2 heteroatoms. The van der Waals surface area contributed by atoms with Gasteiger partial charge in [0.15, 0.2) is 6.20 Å². The van der Waals surface area contributed by atoms with E-state index in [0.29, 0.717) is 0 Å². The van der Waals surface area contributed by atoms with Crippen molar-refractivity contribution in [3.8, 4) is 33.8 Å². The molecule has 5 aromatic rings. The summed E-state index contributed by atoms with van der Waals surface area (Å²) >= 11 is 0. The first-order valence-electron chi connectivity index (χ1n) is 11.0. The average Bonchev–Trinajstić information content (AvgIpc) is 2.79. The van der Waals surface area contributed by atoms with E-state index < -0.39 is 0 Å². The molecule has 0 unspecified atom stereocenters. The number of benzene rings is 4. The van der Waals surface area contributed by atoms with Gasteiger partial charge in [0.25, 0.3) is 0 Å². The Bertz CT molecular complexity index is 1450. The van der Waals surface area contributed by atoms with Crippen LogP contribution in [0, 0.1) is 20.8 Å². The summed E-state index contributed by atoms with van der Waals surface area (Å²) in [6.07, 6.45) is 2.14. The molecule has 0 atom stereocenters. The lowest BCUT2D eigenvalue weighted by Gasteiger charge is -2.13. The SMILES string of the molecule is Cc1ccc(-c2c[n+](C)c(-c3ccc(C)cc3C)c(-c3ccc4ccccc4c3)n2)cc1. The number of hydrogen-bond donors (Lipinski definition) is 0. The van der Waals surface area contributed by atoms with Crippen LogP contribution in [0.5, 0.6) is 0 Å². The van der Waals surface area contributed by atoms with Crippen molar-refractivity contribution in [1.29, 1.82) is 0 Å². The van der Waals surface area contributed by atoms with Crippen LogP contribution in [0.2, 0.25) is 0 Å². The van der Waals surface area contributed by atoms with Gasteiger partial charge in [-0.05, 0) is 49.2 Å². The summed E-state index contributed by atoms with van der Waals surface area (Å²) in [5, 5.41) is 2.46. The van der Waals surface area contributed by atoms with Gasteiger partial charge in [-0.15, -0.1) is 0 Å². The molecule has 0 aliphatic carbocycles. The molecule has 1 aromatic heterocycles. The molecule has 0 saturated carbocycles. The molecule has 0 spiro atoms. The van der Waals surface area contributed by atoms with Gasteiger partial charge in [0, 0.05) is 11.1 Å². The third kappa shape index (κ3) is 3.69. The first kappa shape index (κ1) is 20.1. The van der Waals surface area contributed by atoms with Gasteiger partial charge in [0.2, 0.25) is 5.69 Å². The van der Waals surface area contributed by atoms with Crippen LogP contribution in [-0.4, -0.2) is 4.98 Å². The molecule has 5 rings (SSSR count). The predicted octanol–water partition coefficient (Wildman–Crippen LogP) is 6.99. The third-order valence-corrected chi connectivity index (χ3v) is 6.13. The highest BCUT2D eigenvalue weighted by Gasteiger charge is 2.23. The molecule has 0 aliphatic heterocycles. The summed E-state index contributed by atoms with van der Waals surface area (Å²) in [4.78, 5) is 5.23. The summed E-state index contributed by atoms with van der Waals surface area (Å²) in [5.41, 5.74) is 10.4. The summed E-state index contributed by atoms with van der Waals surface area (Å²) in [6, 6.07) is 30.4. The fourth-order valence-electron chi connectivity index (χ4n) is 4.42. The number of aryl methyl sites for hydroxylation is 4. The Balaban J connectivity index is 1.79. The molecule has 0 N–H and O–H groups in total. The van der Waals surface area contributed by atoms with Crippen molar-refractivity contribution in [3.63, 3.8) is 0 Å². The highest BCUT2D eigenvalue weighted by atomic mass is 15.0. The van der Waals surface area contributed by atoms with Crippen LogP contribution in [0.3, 0.4) is 0 Å². The number of nitrogens with zero attached hydrogens (tertiary/aromatic N) is 2. The van der Waals surface area contributed by atoms with Gasteiger partial charge in [-0.2, -0.15) is 4.57 Å². The van der Waals surface area contributed by atoms with Crippen LogP contribution in [0.15, 0.2) is 91.1 Å². The summed E-state index contributed by atoms with van der Waals surface area (Å²) < 4.78 is 2.23. The van der Waals surface area contributed by atoms with Crippen LogP contribution in [0.25, 0.3) is 44.5 Å². The van der Waals surface area contributed by atoms with Gasteiger partial charge in [0.05, 0.1) is 5.56 Å². The second-order valence-corrected chi connectivity index (χ2v) is 8.68. The lowest BCUT2D eigenvalue weighted by molar-refractivity contribution is -0.659. The standard InChI is InChI=1S/C30H27N2/c1-20-9-12-24(13-10-20)28-19-32(4)30(27-16-11-21(2)17-22(27)3)29(31-28)26-15-14-23-7-5-6-8-25(23)18-26/h5-19H,1-4H3/q+1.